The molecule has 1 aromatic heterocycles. The van der Waals surface area contributed by atoms with Crippen LogP contribution in [0.15, 0.2) is 17.5 Å². The smallest absolute Gasteiger partial charge is 0.328 e. The van der Waals surface area contributed by atoms with Gasteiger partial charge in [-0.3, -0.25) is 4.79 Å². The molecular formula is C15H22N2O3S. The summed E-state index contributed by atoms with van der Waals surface area (Å²) in [5.74, 6) is -0.988. The van der Waals surface area contributed by atoms with E-state index in [4.69, 9.17) is 5.11 Å². The van der Waals surface area contributed by atoms with Gasteiger partial charge in [0.15, 0.2) is 0 Å². The van der Waals surface area contributed by atoms with Crippen molar-refractivity contribution in [2.45, 2.75) is 13.3 Å². The Morgan fingerprint density at radius 3 is 2.62 bits per heavy atom. The Bertz CT molecular complexity index is 509. The van der Waals surface area contributed by atoms with Crippen LogP contribution in [-0.2, 0) is 4.79 Å². The third kappa shape index (κ3) is 6.10. The fourth-order valence-electron chi connectivity index (χ4n) is 1.87. The molecule has 0 fully saturated rings. The predicted molar refractivity (Wildman–Crippen MR) is 85.7 cm³/mol. The maximum absolute atomic E-state index is 12.4. The Morgan fingerprint density at radius 2 is 2.05 bits per heavy atom. The molecule has 0 aliphatic heterocycles. The number of amides is 1. The van der Waals surface area contributed by atoms with Gasteiger partial charge in [0, 0.05) is 29.4 Å². The van der Waals surface area contributed by atoms with E-state index in [1.165, 1.54) is 17.4 Å². The lowest BCUT2D eigenvalue weighted by Crippen LogP contribution is -2.33. The number of aliphatic carboxylic acids is 1. The van der Waals surface area contributed by atoms with Gasteiger partial charge in [-0.25, -0.2) is 4.79 Å². The Hall–Kier alpha value is -1.66. The number of rotatable bonds is 8. The SMILES string of the molecule is CCN(CCCN(C)C)C(=O)c1csc(/C=C/C(=O)O)c1. The van der Waals surface area contributed by atoms with Crippen LogP contribution in [0.4, 0.5) is 0 Å². The van der Waals surface area contributed by atoms with E-state index in [2.05, 4.69) is 4.90 Å². The van der Waals surface area contributed by atoms with Gasteiger partial charge in [-0.05, 0) is 46.1 Å². The van der Waals surface area contributed by atoms with Gasteiger partial charge in [0.25, 0.3) is 5.91 Å². The molecule has 116 valence electrons. The minimum atomic E-state index is -0.991. The molecule has 5 nitrogen and oxygen atoms in total. The molecule has 0 aliphatic rings. The summed E-state index contributed by atoms with van der Waals surface area (Å²) < 4.78 is 0. The zero-order chi connectivity index (χ0) is 15.8. The van der Waals surface area contributed by atoms with Gasteiger partial charge in [-0.2, -0.15) is 0 Å². The van der Waals surface area contributed by atoms with Gasteiger partial charge in [-0.1, -0.05) is 0 Å². The molecule has 1 heterocycles. The van der Waals surface area contributed by atoms with E-state index in [0.29, 0.717) is 12.1 Å². The van der Waals surface area contributed by atoms with Gasteiger partial charge in [0.05, 0.1) is 5.56 Å². The molecular weight excluding hydrogens is 288 g/mol. The van der Waals surface area contributed by atoms with E-state index in [1.807, 2.05) is 25.9 Å². The Kier molecular flexibility index (Phi) is 7.11. The summed E-state index contributed by atoms with van der Waals surface area (Å²) in [7, 11) is 4.02. The average molecular weight is 310 g/mol. The topological polar surface area (TPSA) is 60.9 Å². The zero-order valence-corrected chi connectivity index (χ0v) is 13.5. The second kappa shape index (κ2) is 8.59. The van der Waals surface area contributed by atoms with Crippen molar-refractivity contribution in [1.82, 2.24) is 9.80 Å². The highest BCUT2D eigenvalue weighted by Gasteiger charge is 2.15. The van der Waals surface area contributed by atoms with Crippen LogP contribution in [0.3, 0.4) is 0 Å². The predicted octanol–water partition coefficient (Wildman–Crippen LogP) is 2.26. The van der Waals surface area contributed by atoms with Crippen LogP contribution in [-0.4, -0.2) is 60.5 Å². The fourth-order valence-corrected chi connectivity index (χ4v) is 2.64. The molecule has 0 aromatic carbocycles. The van der Waals surface area contributed by atoms with Gasteiger partial charge in [0.1, 0.15) is 0 Å². The Balaban J connectivity index is 2.65. The van der Waals surface area contributed by atoms with Crippen LogP contribution in [0, 0.1) is 0 Å². The van der Waals surface area contributed by atoms with Crippen LogP contribution in [0.5, 0.6) is 0 Å². The van der Waals surface area contributed by atoms with Crippen molar-refractivity contribution in [2.75, 3.05) is 33.7 Å². The highest BCUT2D eigenvalue weighted by molar-refractivity contribution is 7.11. The van der Waals surface area contributed by atoms with E-state index >= 15 is 0 Å². The molecule has 6 heteroatoms. The summed E-state index contributed by atoms with van der Waals surface area (Å²) in [6, 6.07) is 1.74. The number of carboxylic acid groups (broad SMARTS) is 1. The first-order valence-electron chi connectivity index (χ1n) is 6.87. The largest absolute Gasteiger partial charge is 0.478 e. The number of hydrogen-bond acceptors (Lipinski definition) is 4. The number of thiophene rings is 1. The normalized spacial score (nSPS) is 11.2. The number of hydrogen-bond donors (Lipinski definition) is 1. The standard InChI is InChI=1S/C15H22N2O3S/c1-4-17(9-5-8-16(2)3)15(20)12-10-13(21-11-12)6-7-14(18)19/h6-7,10-11H,4-5,8-9H2,1-3H3,(H,18,19)/b7-6+. The van der Waals surface area contributed by atoms with Gasteiger partial charge < -0.3 is 14.9 Å². The van der Waals surface area contributed by atoms with Crippen molar-refractivity contribution in [3.05, 3.63) is 28.0 Å². The summed E-state index contributed by atoms with van der Waals surface area (Å²) in [4.78, 5) is 27.5. The Labute approximate surface area is 129 Å². The lowest BCUT2D eigenvalue weighted by molar-refractivity contribution is -0.131. The van der Waals surface area contributed by atoms with Crippen LogP contribution in [0.1, 0.15) is 28.6 Å². The maximum atomic E-state index is 12.4. The molecule has 0 aliphatic carbocycles. The number of nitrogens with zero attached hydrogens (tertiary/aromatic N) is 2. The molecule has 1 amide bonds. The highest BCUT2D eigenvalue weighted by atomic mass is 32.1. The van der Waals surface area contributed by atoms with Crippen molar-refractivity contribution in [3.63, 3.8) is 0 Å². The van der Waals surface area contributed by atoms with Crippen LogP contribution in [0.2, 0.25) is 0 Å². The molecule has 1 N–H and O–H groups in total. The molecule has 0 saturated heterocycles. The molecule has 0 spiro atoms. The second-order valence-electron chi connectivity index (χ2n) is 4.95. The van der Waals surface area contributed by atoms with Crippen molar-refractivity contribution in [2.24, 2.45) is 0 Å². The summed E-state index contributed by atoms with van der Waals surface area (Å²) in [6.45, 7) is 4.30. The maximum Gasteiger partial charge on any atom is 0.328 e. The van der Waals surface area contributed by atoms with E-state index in [0.717, 1.165) is 30.5 Å². The molecule has 0 saturated carbocycles. The van der Waals surface area contributed by atoms with Crippen molar-refractivity contribution >= 4 is 29.3 Å². The third-order valence-electron chi connectivity index (χ3n) is 2.96. The van der Waals surface area contributed by atoms with Crippen molar-refractivity contribution in [3.8, 4) is 0 Å². The minimum absolute atomic E-state index is 0.00230. The van der Waals surface area contributed by atoms with Gasteiger partial charge in [0.2, 0.25) is 0 Å². The van der Waals surface area contributed by atoms with Crippen LogP contribution >= 0.6 is 11.3 Å². The molecule has 0 bridgehead atoms. The van der Waals surface area contributed by atoms with Crippen molar-refractivity contribution in [1.29, 1.82) is 0 Å². The summed E-state index contributed by atoms with van der Waals surface area (Å²) in [5.41, 5.74) is 0.622. The fraction of sp³-hybridized carbons (Fsp3) is 0.467. The molecule has 21 heavy (non-hydrogen) atoms. The summed E-state index contributed by atoms with van der Waals surface area (Å²) in [6.07, 6.45) is 3.52. The number of carboxylic acids is 1. The van der Waals surface area contributed by atoms with Crippen LogP contribution in [0.25, 0.3) is 6.08 Å². The highest BCUT2D eigenvalue weighted by Crippen LogP contribution is 2.18. The first-order valence-corrected chi connectivity index (χ1v) is 7.75. The van der Waals surface area contributed by atoms with E-state index in [1.54, 1.807) is 11.4 Å². The second-order valence-corrected chi connectivity index (χ2v) is 5.89. The monoisotopic (exact) mass is 310 g/mol. The first kappa shape index (κ1) is 17.4. The lowest BCUT2D eigenvalue weighted by atomic mass is 10.2. The Morgan fingerprint density at radius 1 is 1.33 bits per heavy atom. The summed E-state index contributed by atoms with van der Waals surface area (Å²) in [5, 5.41) is 10.4. The van der Waals surface area contributed by atoms with E-state index in [-0.39, 0.29) is 5.91 Å². The minimum Gasteiger partial charge on any atom is -0.478 e. The number of carbonyl (C=O) groups excluding carboxylic acids is 1. The van der Waals surface area contributed by atoms with E-state index < -0.39 is 5.97 Å². The van der Waals surface area contributed by atoms with Crippen molar-refractivity contribution < 1.29 is 14.7 Å². The van der Waals surface area contributed by atoms with Gasteiger partial charge in [-0.15, -0.1) is 11.3 Å². The van der Waals surface area contributed by atoms with Crippen LogP contribution < -0.4 is 0 Å². The average Bonchev–Trinajstić information content (AvgIpc) is 2.89. The summed E-state index contributed by atoms with van der Waals surface area (Å²) >= 11 is 1.37. The molecule has 1 rings (SSSR count). The number of carbonyl (C=O) groups is 2. The third-order valence-corrected chi connectivity index (χ3v) is 3.86. The molecule has 0 radical (unpaired) electrons. The lowest BCUT2D eigenvalue weighted by Gasteiger charge is -2.21. The molecule has 0 unspecified atom stereocenters. The molecule has 0 atom stereocenters. The molecule has 1 aromatic rings. The van der Waals surface area contributed by atoms with Gasteiger partial charge >= 0.3 is 5.97 Å². The quantitative estimate of drug-likeness (QED) is 0.748. The van der Waals surface area contributed by atoms with E-state index in [9.17, 15) is 9.59 Å². The first-order chi connectivity index (χ1) is 9.93. The zero-order valence-electron chi connectivity index (χ0n) is 12.7.